The Morgan fingerprint density at radius 3 is 2.00 bits per heavy atom. The summed E-state index contributed by atoms with van der Waals surface area (Å²) in [6.07, 6.45) is 8.85. The zero-order chi connectivity index (χ0) is 14.8. The molecule has 4 fully saturated rings. The average molecular weight is 477 g/mol. The lowest BCUT2D eigenvalue weighted by atomic mass is 9.48. The van der Waals surface area contributed by atoms with Crippen molar-refractivity contribution in [1.29, 1.82) is 0 Å². The average Bonchev–Trinajstić information content (AvgIpc) is 2.40. The lowest BCUT2D eigenvalue weighted by molar-refractivity contribution is -0.0529. The Kier molecular flexibility index (Phi) is 3.87. The maximum absolute atomic E-state index is 4.13. The Morgan fingerprint density at radius 1 is 0.952 bits per heavy atom. The summed E-state index contributed by atoms with van der Waals surface area (Å²) in [4.78, 5) is 0.490. The lowest BCUT2D eigenvalue weighted by Gasteiger charge is -2.58. The first-order valence-corrected chi connectivity index (χ1v) is 10.6. The van der Waals surface area contributed by atoms with E-state index in [1.165, 1.54) is 58.6 Å². The molecule has 21 heavy (non-hydrogen) atoms. The molecule has 0 amide bonds. The van der Waals surface area contributed by atoms with E-state index in [0.717, 1.165) is 17.8 Å². The van der Waals surface area contributed by atoms with Crippen molar-refractivity contribution in [2.24, 2.45) is 23.2 Å². The van der Waals surface area contributed by atoms with Crippen molar-refractivity contribution >= 4 is 47.8 Å². The van der Waals surface area contributed by atoms with E-state index in [9.17, 15) is 0 Å². The van der Waals surface area contributed by atoms with E-state index < -0.39 is 0 Å². The molecule has 1 atom stereocenters. The maximum Gasteiger partial charge on any atom is 0.0463 e. The first-order valence-electron chi connectivity index (χ1n) is 8.06. The highest BCUT2D eigenvalue weighted by atomic mass is 79.9. The molecule has 0 aliphatic heterocycles. The van der Waals surface area contributed by atoms with Gasteiger partial charge in [-0.25, -0.2) is 0 Å². The van der Waals surface area contributed by atoms with Crippen molar-refractivity contribution in [2.45, 2.75) is 50.3 Å². The molecule has 4 saturated carbocycles. The van der Waals surface area contributed by atoms with Gasteiger partial charge < -0.3 is 0 Å². The van der Waals surface area contributed by atoms with Crippen LogP contribution in [0.4, 0.5) is 0 Å². The standard InChI is InChI=1S/C18H21Br3/c1-10-2-16(20)14(6-15(10)19)17(21)18-7-11-3-12(8-18)5-13(4-11)9-18/h2,6,11-13,17H,3-5,7-9H2,1H3. The molecular formula is C18H21Br3. The third kappa shape index (κ3) is 2.50. The van der Waals surface area contributed by atoms with Crippen LogP contribution in [-0.4, -0.2) is 0 Å². The quantitative estimate of drug-likeness (QED) is 0.397. The van der Waals surface area contributed by atoms with E-state index in [0.29, 0.717) is 10.2 Å². The topological polar surface area (TPSA) is 0 Å². The van der Waals surface area contributed by atoms with Gasteiger partial charge in [-0.2, -0.15) is 0 Å². The van der Waals surface area contributed by atoms with Crippen LogP contribution in [0.2, 0.25) is 0 Å². The lowest BCUT2D eigenvalue weighted by Crippen LogP contribution is -2.47. The molecule has 0 nitrogen and oxygen atoms in total. The van der Waals surface area contributed by atoms with E-state index in [2.05, 4.69) is 66.8 Å². The normalized spacial score (nSPS) is 38.8. The molecule has 1 aromatic carbocycles. The Morgan fingerprint density at radius 2 is 1.48 bits per heavy atom. The van der Waals surface area contributed by atoms with Gasteiger partial charge in [0.15, 0.2) is 0 Å². The summed E-state index contributed by atoms with van der Waals surface area (Å²) in [5, 5.41) is 0. The molecule has 1 unspecified atom stereocenters. The summed E-state index contributed by atoms with van der Waals surface area (Å²) in [6.45, 7) is 2.16. The van der Waals surface area contributed by atoms with Gasteiger partial charge in [0.05, 0.1) is 0 Å². The van der Waals surface area contributed by atoms with Crippen LogP contribution in [0.5, 0.6) is 0 Å². The highest BCUT2D eigenvalue weighted by Crippen LogP contribution is 2.66. The second kappa shape index (κ2) is 5.34. The fraction of sp³-hybridized carbons (Fsp3) is 0.667. The molecule has 0 saturated heterocycles. The molecule has 1 aromatic rings. The van der Waals surface area contributed by atoms with Crippen molar-refractivity contribution in [3.63, 3.8) is 0 Å². The SMILES string of the molecule is Cc1cc(Br)c(C(Br)C23CC4CC(CC(C4)C2)C3)cc1Br. The highest BCUT2D eigenvalue weighted by Gasteiger charge is 2.54. The number of hydrogen-bond donors (Lipinski definition) is 0. The third-order valence-corrected chi connectivity index (χ3v) is 9.18. The summed E-state index contributed by atoms with van der Waals surface area (Å²) >= 11 is 11.7. The molecule has 0 N–H and O–H groups in total. The van der Waals surface area contributed by atoms with Crippen LogP contribution in [-0.2, 0) is 0 Å². The van der Waals surface area contributed by atoms with Crippen LogP contribution in [0.15, 0.2) is 21.1 Å². The maximum atomic E-state index is 4.13. The summed E-state index contributed by atoms with van der Waals surface area (Å²) in [7, 11) is 0. The van der Waals surface area contributed by atoms with E-state index in [-0.39, 0.29) is 0 Å². The van der Waals surface area contributed by atoms with Crippen LogP contribution in [0.3, 0.4) is 0 Å². The Hall–Kier alpha value is 0.660. The second-order valence-corrected chi connectivity index (χ2v) is 10.4. The zero-order valence-electron chi connectivity index (χ0n) is 12.3. The predicted octanol–water partition coefficient (Wildman–Crippen LogP) is 7.17. The molecule has 4 aliphatic carbocycles. The number of hydrogen-bond acceptors (Lipinski definition) is 0. The van der Waals surface area contributed by atoms with E-state index in [4.69, 9.17) is 0 Å². The fourth-order valence-corrected chi connectivity index (χ4v) is 7.97. The first kappa shape index (κ1) is 15.2. The van der Waals surface area contributed by atoms with Gasteiger partial charge >= 0.3 is 0 Å². The predicted molar refractivity (Wildman–Crippen MR) is 98.9 cm³/mol. The Bertz CT molecular complexity index is 543. The largest absolute Gasteiger partial charge is 0.0832 e. The minimum atomic E-state index is 0.490. The van der Waals surface area contributed by atoms with E-state index >= 15 is 0 Å². The molecule has 4 bridgehead atoms. The molecule has 114 valence electrons. The first-order chi connectivity index (χ1) is 9.97. The van der Waals surface area contributed by atoms with Gasteiger partial charge in [-0.05, 0) is 91.9 Å². The Balaban J connectivity index is 1.71. The van der Waals surface area contributed by atoms with Crippen LogP contribution >= 0.6 is 47.8 Å². The Labute approximate surface area is 152 Å². The molecule has 0 spiro atoms. The van der Waals surface area contributed by atoms with Crippen molar-refractivity contribution in [3.05, 3.63) is 32.2 Å². The zero-order valence-corrected chi connectivity index (χ0v) is 17.1. The summed E-state index contributed by atoms with van der Waals surface area (Å²) in [5.41, 5.74) is 3.25. The van der Waals surface area contributed by atoms with Crippen LogP contribution < -0.4 is 0 Å². The minimum Gasteiger partial charge on any atom is -0.0832 e. The fourth-order valence-electron chi connectivity index (χ4n) is 5.67. The third-order valence-electron chi connectivity index (χ3n) is 6.17. The van der Waals surface area contributed by atoms with Crippen LogP contribution in [0, 0.1) is 30.1 Å². The molecule has 0 aromatic heterocycles. The molecular weight excluding hydrogens is 456 g/mol. The molecule has 5 rings (SSSR count). The van der Waals surface area contributed by atoms with Crippen molar-refractivity contribution < 1.29 is 0 Å². The molecule has 0 radical (unpaired) electrons. The van der Waals surface area contributed by atoms with Crippen LogP contribution in [0.25, 0.3) is 0 Å². The number of alkyl halides is 1. The molecule has 4 aliphatic rings. The van der Waals surface area contributed by atoms with Gasteiger partial charge in [0.2, 0.25) is 0 Å². The van der Waals surface area contributed by atoms with Crippen molar-refractivity contribution in [1.82, 2.24) is 0 Å². The molecule has 3 heteroatoms. The van der Waals surface area contributed by atoms with Crippen LogP contribution in [0.1, 0.15) is 54.5 Å². The van der Waals surface area contributed by atoms with Gasteiger partial charge in [0.1, 0.15) is 0 Å². The minimum absolute atomic E-state index is 0.490. The van der Waals surface area contributed by atoms with E-state index in [1.807, 2.05) is 0 Å². The van der Waals surface area contributed by atoms with Gasteiger partial charge in [-0.15, -0.1) is 0 Å². The van der Waals surface area contributed by atoms with Gasteiger partial charge in [-0.1, -0.05) is 47.8 Å². The van der Waals surface area contributed by atoms with Gasteiger partial charge in [-0.3, -0.25) is 0 Å². The van der Waals surface area contributed by atoms with E-state index in [1.54, 1.807) is 0 Å². The highest BCUT2D eigenvalue weighted by molar-refractivity contribution is 9.11. The number of rotatable bonds is 2. The second-order valence-electron chi connectivity index (χ2n) is 7.77. The summed E-state index contributed by atoms with van der Waals surface area (Å²) in [6, 6.07) is 4.59. The van der Waals surface area contributed by atoms with Gasteiger partial charge in [0.25, 0.3) is 0 Å². The van der Waals surface area contributed by atoms with Crippen molar-refractivity contribution in [2.75, 3.05) is 0 Å². The monoisotopic (exact) mass is 474 g/mol. The van der Waals surface area contributed by atoms with Crippen molar-refractivity contribution in [3.8, 4) is 0 Å². The smallest absolute Gasteiger partial charge is 0.0463 e. The summed E-state index contributed by atoms with van der Waals surface area (Å²) < 4.78 is 2.50. The number of benzene rings is 1. The number of aryl methyl sites for hydroxylation is 1. The molecule has 0 heterocycles. The number of halogens is 3. The van der Waals surface area contributed by atoms with Gasteiger partial charge in [0, 0.05) is 13.8 Å². The summed E-state index contributed by atoms with van der Waals surface area (Å²) in [5.74, 6) is 3.01.